The highest BCUT2D eigenvalue weighted by Crippen LogP contribution is 2.30. The minimum atomic E-state index is -1.45. The number of carboxylic acid groups (broad SMARTS) is 1. The number of carboxylic acids is 1. The summed E-state index contributed by atoms with van der Waals surface area (Å²) >= 11 is 0. The molecular weight excluding hydrogens is 329 g/mol. The Bertz CT molecular complexity index is 636. The molecule has 2 aliphatic heterocycles. The molecule has 1 atom stereocenters. The number of halogens is 1. The van der Waals surface area contributed by atoms with Crippen LogP contribution in [-0.2, 0) is 14.3 Å². The number of hydrogen-bond donors (Lipinski definition) is 1. The van der Waals surface area contributed by atoms with Crippen LogP contribution in [-0.4, -0.2) is 53.3 Å². The standard InChI is InChI=1S/C18H22FNO5/c19-13-4-3-5-14(12-13)25-18(17(22)23)7-9-20(10-8-18)16(21)15-6-1-2-11-24-15/h3-5,12,15H,1-2,6-11H2,(H,22,23)/t15-/m0/s1. The zero-order chi connectivity index (χ0) is 17.9. The first-order valence-electron chi connectivity index (χ1n) is 8.58. The number of carbonyl (C=O) groups excluding carboxylic acids is 1. The number of piperidine rings is 1. The van der Waals surface area contributed by atoms with Gasteiger partial charge in [0.25, 0.3) is 5.91 Å². The molecule has 1 amide bonds. The maximum atomic E-state index is 13.3. The van der Waals surface area contributed by atoms with E-state index in [-0.39, 0.29) is 37.6 Å². The molecule has 0 saturated carbocycles. The fraction of sp³-hybridized carbons (Fsp3) is 0.556. The number of benzene rings is 1. The van der Waals surface area contributed by atoms with Gasteiger partial charge in [-0.2, -0.15) is 0 Å². The van der Waals surface area contributed by atoms with Crippen molar-refractivity contribution in [2.24, 2.45) is 0 Å². The molecule has 1 aromatic rings. The summed E-state index contributed by atoms with van der Waals surface area (Å²) in [5, 5.41) is 9.65. The summed E-state index contributed by atoms with van der Waals surface area (Å²) in [6.07, 6.45) is 2.52. The summed E-state index contributed by atoms with van der Waals surface area (Å²) in [5.41, 5.74) is -1.45. The number of carbonyl (C=O) groups is 2. The molecule has 0 bridgehead atoms. The molecule has 7 heteroatoms. The smallest absolute Gasteiger partial charge is 0.348 e. The second-order valence-electron chi connectivity index (χ2n) is 6.54. The van der Waals surface area contributed by atoms with Crippen LogP contribution in [0.1, 0.15) is 32.1 Å². The second kappa shape index (κ2) is 7.39. The summed E-state index contributed by atoms with van der Waals surface area (Å²) in [6, 6.07) is 5.43. The lowest BCUT2D eigenvalue weighted by atomic mass is 9.90. The molecule has 0 radical (unpaired) electrons. The van der Waals surface area contributed by atoms with Gasteiger partial charge in [0.05, 0.1) is 0 Å². The van der Waals surface area contributed by atoms with Crippen LogP contribution in [0.2, 0.25) is 0 Å². The van der Waals surface area contributed by atoms with Crippen molar-refractivity contribution in [2.75, 3.05) is 19.7 Å². The van der Waals surface area contributed by atoms with Gasteiger partial charge in [-0.05, 0) is 31.4 Å². The minimum absolute atomic E-state index is 0.0792. The zero-order valence-electron chi connectivity index (χ0n) is 13.9. The van der Waals surface area contributed by atoms with Crippen molar-refractivity contribution in [1.82, 2.24) is 4.90 Å². The molecule has 0 unspecified atom stereocenters. The Morgan fingerprint density at radius 1 is 1.28 bits per heavy atom. The summed E-state index contributed by atoms with van der Waals surface area (Å²) in [7, 11) is 0. The zero-order valence-corrected chi connectivity index (χ0v) is 13.9. The second-order valence-corrected chi connectivity index (χ2v) is 6.54. The van der Waals surface area contributed by atoms with Gasteiger partial charge in [-0.25, -0.2) is 9.18 Å². The van der Waals surface area contributed by atoms with E-state index in [9.17, 15) is 19.1 Å². The van der Waals surface area contributed by atoms with Crippen LogP contribution in [0.5, 0.6) is 5.75 Å². The molecule has 0 aliphatic carbocycles. The SMILES string of the molecule is O=C([C@@H]1CCCCO1)N1CCC(Oc2cccc(F)c2)(C(=O)O)CC1. The van der Waals surface area contributed by atoms with Crippen LogP contribution in [0.4, 0.5) is 4.39 Å². The van der Waals surface area contributed by atoms with Crippen molar-refractivity contribution < 1.29 is 28.6 Å². The minimum Gasteiger partial charge on any atom is -0.478 e. The van der Waals surface area contributed by atoms with Gasteiger partial charge in [-0.3, -0.25) is 4.79 Å². The molecule has 0 aromatic heterocycles. The third-order valence-electron chi connectivity index (χ3n) is 4.84. The molecule has 6 nitrogen and oxygen atoms in total. The number of ether oxygens (including phenoxy) is 2. The largest absolute Gasteiger partial charge is 0.478 e. The van der Waals surface area contributed by atoms with Crippen molar-refractivity contribution in [3.8, 4) is 5.75 Å². The Morgan fingerprint density at radius 2 is 2.04 bits per heavy atom. The van der Waals surface area contributed by atoms with E-state index in [1.807, 2.05) is 0 Å². The number of aliphatic carboxylic acids is 1. The van der Waals surface area contributed by atoms with Crippen molar-refractivity contribution in [3.63, 3.8) is 0 Å². The third kappa shape index (κ3) is 3.92. The Balaban J connectivity index is 1.66. The van der Waals surface area contributed by atoms with Crippen LogP contribution in [0.25, 0.3) is 0 Å². The van der Waals surface area contributed by atoms with Crippen LogP contribution in [0.15, 0.2) is 24.3 Å². The number of rotatable bonds is 4. The van der Waals surface area contributed by atoms with Gasteiger partial charge in [-0.1, -0.05) is 6.07 Å². The van der Waals surface area contributed by atoms with Crippen LogP contribution in [0.3, 0.4) is 0 Å². The van der Waals surface area contributed by atoms with Crippen molar-refractivity contribution in [2.45, 2.75) is 43.8 Å². The van der Waals surface area contributed by atoms with Crippen LogP contribution in [0, 0.1) is 5.82 Å². The maximum absolute atomic E-state index is 13.3. The first-order valence-corrected chi connectivity index (χ1v) is 8.58. The van der Waals surface area contributed by atoms with Gasteiger partial charge >= 0.3 is 5.97 Å². The van der Waals surface area contributed by atoms with E-state index in [1.54, 1.807) is 4.90 Å². The van der Waals surface area contributed by atoms with Crippen LogP contribution < -0.4 is 4.74 Å². The van der Waals surface area contributed by atoms with Crippen molar-refractivity contribution in [1.29, 1.82) is 0 Å². The van der Waals surface area contributed by atoms with Gasteiger partial charge in [-0.15, -0.1) is 0 Å². The molecule has 2 saturated heterocycles. The average Bonchev–Trinajstić information content (AvgIpc) is 2.62. The summed E-state index contributed by atoms with van der Waals surface area (Å²) < 4.78 is 24.5. The molecular formula is C18H22FNO5. The molecule has 2 heterocycles. The van der Waals surface area contributed by atoms with E-state index in [4.69, 9.17) is 9.47 Å². The van der Waals surface area contributed by atoms with Gasteiger partial charge in [0.2, 0.25) is 5.60 Å². The van der Waals surface area contributed by atoms with E-state index >= 15 is 0 Å². The lowest BCUT2D eigenvalue weighted by Crippen LogP contribution is -2.56. The van der Waals surface area contributed by atoms with E-state index < -0.39 is 23.5 Å². The van der Waals surface area contributed by atoms with Crippen molar-refractivity contribution in [3.05, 3.63) is 30.1 Å². The van der Waals surface area contributed by atoms with E-state index in [2.05, 4.69) is 0 Å². The summed E-state index contributed by atoms with van der Waals surface area (Å²) in [4.78, 5) is 25.9. The predicted octanol–water partition coefficient (Wildman–Crippen LogP) is 2.22. The van der Waals surface area contributed by atoms with Gasteiger partial charge in [0.15, 0.2) is 0 Å². The number of hydrogen-bond acceptors (Lipinski definition) is 4. The topological polar surface area (TPSA) is 76.1 Å². The maximum Gasteiger partial charge on any atom is 0.348 e. The van der Waals surface area contributed by atoms with Crippen LogP contribution >= 0.6 is 0 Å². The quantitative estimate of drug-likeness (QED) is 0.900. The molecule has 2 fully saturated rings. The van der Waals surface area contributed by atoms with Crippen molar-refractivity contribution >= 4 is 11.9 Å². The Labute approximate surface area is 145 Å². The fourth-order valence-corrected chi connectivity index (χ4v) is 3.34. The van der Waals surface area contributed by atoms with E-state index in [1.165, 1.54) is 18.2 Å². The summed E-state index contributed by atoms with van der Waals surface area (Å²) in [6.45, 7) is 1.15. The molecule has 3 rings (SSSR count). The van der Waals surface area contributed by atoms with Gasteiger partial charge < -0.3 is 19.5 Å². The number of nitrogens with zero attached hydrogens (tertiary/aromatic N) is 1. The Kier molecular flexibility index (Phi) is 5.22. The number of likely N-dealkylation sites (tertiary alicyclic amines) is 1. The highest BCUT2D eigenvalue weighted by molar-refractivity contribution is 5.82. The molecule has 25 heavy (non-hydrogen) atoms. The average molecular weight is 351 g/mol. The first kappa shape index (κ1) is 17.7. The Hall–Kier alpha value is -2.15. The monoisotopic (exact) mass is 351 g/mol. The highest BCUT2D eigenvalue weighted by atomic mass is 19.1. The molecule has 0 spiro atoms. The Morgan fingerprint density at radius 3 is 2.64 bits per heavy atom. The molecule has 1 aromatic carbocycles. The fourth-order valence-electron chi connectivity index (χ4n) is 3.34. The third-order valence-corrected chi connectivity index (χ3v) is 4.84. The predicted molar refractivity (Wildman–Crippen MR) is 86.8 cm³/mol. The molecule has 2 aliphatic rings. The van der Waals surface area contributed by atoms with Gasteiger partial charge in [0.1, 0.15) is 17.7 Å². The lowest BCUT2D eigenvalue weighted by molar-refractivity contribution is -0.164. The van der Waals surface area contributed by atoms with Gasteiger partial charge in [0, 0.05) is 38.6 Å². The van der Waals surface area contributed by atoms with E-state index in [0.29, 0.717) is 13.0 Å². The molecule has 1 N–H and O–H groups in total. The lowest BCUT2D eigenvalue weighted by Gasteiger charge is -2.40. The normalized spacial score (nSPS) is 23.1. The van der Waals surface area contributed by atoms with E-state index in [0.717, 1.165) is 18.9 Å². The summed E-state index contributed by atoms with van der Waals surface area (Å²) in [5.74, 6) is -1.49. The first-order chi connectivity index (χ1) is 12.0. The number of amides is 1. The highest BCUT2D eigenvalue weighted by Gasteiger charge is 2.45. The molecule has 136 valence electrons.